The first-order valence-electron chi connectivity index (χ1n) is 26.4. The van der Waals surface area contributed by atoms with E-state index in [-0.39, 0.29) is 68.6 Å². The normalized spacial score (nSPS) is 18.9. The van der Waals surface area contributed by atoms with Crippen LogP contribution in [0.15, 0.2) is 35.8 Å². The fraction of sp³-hybridized carbons (Fsp3) is 0.604. The topological polar surface area (TPSA) is 304 Å². The maximum Gasteiger partial charge on any atom is 0.287 e. The number of primary amides is 1. The first-order valence-corrected chi connectivity index (χ1v) is 27.3. The van der Waals surface area contributed by atoms with Crippen molar-refractivity contribution in [3.63, 3.8) is 0 Å². The van der Waals surface area contributed by atoms with Gasteiger partial charge >= 0.3 is 0 Å². The Labute approximate surface area is 441 Å². The van der Waals surface area contributed by atoms with Gasteiger partial charge in [-0.1, -0.05) is 66.2 Å². The Bertz CT molecular complexity index is 2590. The van der Waals surface area contributed by atoms with Crippen LogP contribution in [0.3, 0.4) is 0 Å². The Morgan fingerprint density at radius 1 is 0.747 bits per heavy atom. The molecule has 2 saturated heterocycles. The molecule has 9 amide bonds. The SMILES string of the molecule is CC[C@H](C)[C@@H](NC(=O)[C@H](CC(C)C)NC(=O)C(CCC(=O)C(=O)NC1CC1)NC(=O)c1csc(C)n1)C(=O)N[C@@H](CC(C)C)C(=O)N1CCC[C@H]1C(=O)N[C@@H](Cc1c[nH]c2ccccc12)C(=O)N1CCC[C@H]1C(N)=O. The number of carbonyl (C=O) groups excluding carboxylic acids is 10. The van der Waals surface area contributed by atoms with Gasteiger partial charge < -0.3 is 52.4 Å². The highest BCUT2D eigenvalue weighted by Gasteiger charge is 2.43. The largest absolute Gasteiger partial charge is 0.368 e. The van der Waals surface area contributed by atoms with Gasteiger partial charge in [-0.3, -0.25) is 47.9 Å². The second-order valence-electron chi connectivity index (χ2n) is 21.1. The van der Waals surface area contributed by atoms with Gasteiger partial charge in [-0.15, -0.1) is 11.3 Å². The van der Waals surface area contributed by atoms with Gasteiger partial charge in [0.05, 0.1) is 5.01 Å². The molecule has 3 aromatic rings. The van der Waals surface area contributed by atoms with Gasteiger partial charge in [0, 0.05) is 54.5 Å². The maximum absolute atomic E-state index is 14.7. The van der Waals surface area contributed by atoms with E-state index in [9.17, 15) is 47.9 Å². The Morgan fingerprint density at radius 2 is 1.36 bits per heavy atom. The Morgan fingerprint density at radius 3 is 1.99 bits per heavy atom. The molecule has 21 nitrogen and oxygen atoms in total. The maximum atomic E-state index is 14.7. The van der Waals surface area contributed by atoms with Crippen LogP contribution in [0.4, 0.5) is 0 Å². The summed E-state index contributed by atoms with van der Waals surface area (Å²) in [6.45, 7) is 13.3. The van der Waals surface area contributed by atoms with E-state index in [1.807, 2.05) is 58.9 Å². The van der Waals surface area contributed by atoms with Gasteiger partial charge in [-0.2, -0.15) is 0 Å². The number of aromatic amines is 1. The Kier molecular flexibility index (Phi) is 20.1. The van der Waals surface area contributed by atoms with Crippen LogP contribution in [0.25, 0.3) is 10.9 Å². The Balaban J connectivity index is 1.17. The van der Waals surface area contributed by atoms with E-state index < -0.39 is 107 Å². The van der Waals surface area contributed by atoms with Gasteiger partial charge in [0.2, 0.25) is 47.1 Å². The lowest BCUT2D eigenvalue weighted by atomic mass is 9.95. The molecule has 3 fully saturated rings. The fourth-order valence-electron chi connectivity index (χ4n) is 9.75. The number of aromatic nitrogens is 2. The van der Waals surface area contributed by atoms with Crippen molar-refractivity contribution < 1.29 is 47.9 Å². The molecule has 3 aliphatic rings. The number of nitrogens with one attached hydrogen (secondary N) is 7. The number of nitrogens with zero attached hydrogens (tertiary/aromatic N) is 3. The van der Waals surface area contributed by atoms with Crippen molar-refractivity contribution in [3.8, 4) is 0 Å². The third kappa shape index (κ3) is 15.4. The predicted octanol–water partition coefficient (Wildman–Crippen LogP) is 2.45. The number of H-pyrrole nitrogens is 1. The summed E-state index contributed by atoms with van der Waals surface area (Å²) in [5, 5.41) is 19.7. The van der Waals surface area contributed by atoms with Gasteiger partial charge in [-0.25, -0.2) is 4.98 Å². The van der Waals surface area contributed by atoms with E-state index in [2.05, 4.69) is 41.9 Å². The van der Waals surface area contributed by atoms with E-state index in [0.29, 0.717) is 37.2 Å². The third-order valence-electron chi connectivity index (χ3n) is 14.2. The lowest BCUT2D eigenvalue weighted by Gasteiger charge is -2.33. The summed E-state index contributed by atoms with van der Waals surface area (Å²) in [4.78, 5) is 148. The van der Waals surface area contributed by atoms with E-state index in [4.69, 9.17) is 5.73 Å². The first-order chi connectivity index (χ1) is 35.6. The molecular formula is C53H75N11O10S. The molecule has 6 rings (SSSR count). The molecule has 1 unspecified atom stereocenters. The number of likely N-dealkylation sites (tertiary alicyclic amines) is 2. The molecule has 2 aliphatic heterocycles. The summed E-state index contributed by atoms with van der Waals surface area (Å²) in [6, 6.07) is -0.297. The molecule has 22 heteroatoms. The van der Waals surface area contributed by atoms with Crippen LogP contribution in [-0.4, -0.2) is 140 Å². The second kappa shape index (κ2) is 26.2. The molecule has 1 aromatic carbocycles. The molecule has 2 aromatic heterocycles. The number of amides is 9. The number of carbonyl (C=O) groups is 10. The van der Waals surface area contributed by atoms with Crippen LogP contribution in [-0.2, 0) is 49.6 Å². The summed E-state index contributed by atoms with van der Waals surface area (Å²) in [6.07, 6.45) is 5.26. The molecule has 1 saturated carbocycles. The first kappa shape index (κ1) is 57.6. The van der Waals surface area contributed by atoms with Crippen LogP contribution in [0.1, 0.15) is 133 Å². The van der Waals surface area contributed by atoms with Crippen LogP contribution in [0.2, 0.25) is 0 Å². The zero-order valence-corrected chi connectivity index (χ0v) is 44.9. The zero-order chi connectivity index (χ0) is 54.7. The average Bonchev–Trinajstić information content (AvgIpc) is 3.81. The van der Waals surface area contributed by atoms with Crippen molar-refractivity contribution in [3.05, 3.63) is 52.1 Å². The smallest absolute Gasteiger partial charge is 0.287 e. The third-order valence-corrected chi connectivity index (χ3v) is 14.9. The van der Waals surface area contributed by atoms with Crippen molar-refractivity contribution in [2.75, 3.05) is 13.1 Å². The van der Waals surface area contributed by atoms with E-state index in [1.54, 1.807) is 20.0 Å². The molecular weight excluding hydrogens is 983 g/mol. The molecule has 9 N–H and O–H groups in total. The fourth-order valence-corrected chi connectivity index (χ4v) is 10.3. The quantitative estimate of drug-likeness (QED) is 0.0540. The lowest BCUT2D eigenvalue weighted by Crippen LogP contribution is -2.61. The van der Waals surface area contributed by atoms with Crippen molar-refractivity contribution in [1.82, 2.24) is 51.7 Å². The number of para-hydroxylation sites is 1. The average molecular weight is 1060 g/mol. The number of thiazole rings is 1. The highest BCUT2D eigenvalue weighted by molar-refractivity contribution is 7.09. The molecule has 0 spiro atoms. The number of nitrogens with two attached hydrogens (primary N) is 1. The lowest BCUT2D eigenvalue weighted by molar-refractivity contribution is -0.144. The van der Waals surface area contributed by atoms with Crippen LogP contribution in [0.5, 0.6) is 0 Å². The van der Waals surface area contributed by atoms with Crippen molar-refractivity contribution in [2.24, 2.45) is 23.5 Å². The number of aryl methyl sites for hydroxylation is 1. The number of rotatable bonds is 26. The van der Waals surface area contributed by atoms with E-state index in [1.165, 1.54) is 26.5 Å². The monoisotopic (exact) mass is 1060 g/mol. The van der Waals surface area contributed by atoms with E-state index in [0.717, 1.165) is 29.3 Å². The molecule has 75 heavy (non-hydrogen) atoms. The summed E-state index contributed by atoms with van der Waals surface area (Å²) < 4.78 is 0. The minimum absolute atomic E-state index is 0.0566. The number of Topliss-reactive ketones (excluding diaryl/α,β-unsaturated/α-hetero) is 1. The molecule has 0 bridgehead atoms. The summed E-state index contributed by atoms with van der Waals surface area (Å²) in [5.41, 5.74) is 7.38. The number of ketones is 1. The van der Waals surface area contributed by atoms with Crippen LogP contribution in [0, 0.1) is 24.7 Å². The summed E-state index contributed by atoms with van der Waals surface area (Å²) >= 11 is 1.23. The molecule has 4 heterocycles. The minimum Gasteiger partial charge on any atom is -0.368 e. The van der Waals surface area contributed by atoms with Crippen molar-refractivity contribution in [2.45, 2.75) is 174 Å². The number of fused-ring (bicyclic) bond motifs is 1. The number of benzene rings is 1. The molecule has 408 valence electrons. The second-order valence-corrected chi connectivity index (χ2v) is 22.2. The standard InChI is InChI=1S/C53H75N11O10S/c1-8-30(6)44(62-47(68)37(23-28(2)3)59-46(67)36(58-48(69)40-27-75-31(7)56-40)19-20-43(65)50(71)57-33-17-18-33)51(72)61-38(24-29(4)5)52(73)64-22-12-16-42(64)49(70)60-39(53(74)63-21-11-15-41(63)45(54)66)25-32-26-55-35-14-10-9-13-34(32)35/h9-10,13-14,26-30,33,36-39,41-42,44,55H,8,11-12,15-25H2,1-7H3,(H2,54,66)(H,57,71)(H,58,69)(H,59,67)(H,60,70)(H,61,72)(H,62,68)/t30-,36?,37-,38-,39-,41-,42-,44+/m0/s1. The molecule has 1 aliphatic carbocycles. The minimum atomic E-state index is -1.35. The van der Waals surface area contributed by atoms with Gasteiger partial charge in [0.1, 0.15) is 48.0 Å². The van der Waals surface area contributed by atoms with Gasteiger partial charge in [0.25, 0.3) is 11.8 Å². The van der Waals surface area contributed by atoms with Crippen LogP contribution < -0.4 is 37.6 Å². The van der Waals surface area contributed by atoms with Gasteiger partial charge in [-0.05, 0) is 94.1 Å². The highest BCUT2D eigenvalue weighted by atomic mass is 32.1. The number of hydrogen-bond acceptors (Lipinski definition) is 12. The number of hydrogen-bond donors (Lipinski definition) is 8. The zero-order valence-electron chi connectivity index (χ0n) is 44.1. The van der Waals surface area contributed by atoms with Crippen molar-refractivity contribution in [1.29, 1.82) is 0 Å². The van der Waals surface area contributed by atoms with Gasteiger partial charge in [0.15, 0.2) is 0 Å². The predicted molar refractivity (Wildman–Crippen MR) is 280 cm³/mol. The Hall–Kier alpha value is -6.71. The van der Waals surface area contributed by atoms with Crippen LogP contribution >= 0.6 is 11.3 Å². The molecule has 8 atom stereocenters. The van der Waals surface area contributed by atoms with Crippen molar-refractivity contribution >= 4 is 81.2 Å². The summed E-state index contributed by atoms with van der Waals surface area (Å²) in [7, 11) is 0. The summed E-state index contributed by atoms with van der Waals surface area (Å²) in [5.74, 6) is -7.25. The highest BCUT2D eigenvalue weighted by Crippen LogP contribution is 2.26. The van der Waals surface area contributed by atoms with E-state index >= 15 is 0 Å². The molecule has 0 radical (unpaired) electrons.